The minimum absolute atomic E-state index is 0.139. The minimum Gasteiger partial charge on any atom is -0.484 e. The van der Waals surface area contributed by atoms with Crippen LogP contribution in [0.3, 0.4) is 0 Å². The Morgan fingerprint density at radius 1 is 1.23 bits per heavy atom. The van der Waals surface area contributed by atoms with Gasteiger partial charge in [-0.1, -0.05) is 12.8 Å². The smallest absolute Gasteiger partial charge is 0.410 e. The number of likely N-dealkylation sites (tertiary alicyclic amines) is 1. The summed E-state index contributed by atoms with van der Waals surface area (Å²) < 4.78 is 12.1. The Kier molecular flexibility index (Phi) is 5.93. The lowest BCUT2D eigenvalue weighted by molar-refractivity contribution is -0.0223. The van der Waals surface area contributed by atoms with Gasteiger partial charge >= 0.3 is 6.09 Å². The largest absolute Gasteiger partial charge is 0.484 e. The molecule has 1 aliphatic carbocycles. The Bertz CT molecular complexity index is 844. The summed E-state index contributed by atoms with van der Waals surface area (Å²) in [5.74, 6) is 1.53. The molecule has 0 bridgehead atoms. The van der Waals surface area contributed by atoms with E-state index in [-0.39, 0.29) is 11.9 Å². The van der Waals surface area contributed by atoms with E-state index in [0.29, 0.717) is 49.6 Å². The van der Waals surface area contributed by atoms with Crippen LogP contribution >= 0.6 is 0 Å². The summed E-state index contributed by atoms with van der Waals surface area (Å²) >= 11 is 0. The quantitative estimate of drug-likeness (QED) is 0.705. The van der Waals surface area contributed by atoms with E-state index in [1.807, 2.05) is 33.8 Å². The average molecular weight is 429 g/mol. The molecule has 31 heavy (non-hydrogen) atoms. The molecule has 6 heteroatoms. The lowest BCUT2D eigenvalue weighted by atomic mass is 9.82. The number of aryl methyl sites for hydroxylation is 1. The van der Waals surface area contributed by atoms with Crippen LogP contribution in [0.25, 0.3) is 0 Å². The van der Waals surface area contributed by atoms with Crippen molar-refractivity contribution in [2.45, 2.75) is 83.8 Å². The molecule has 2 heterocycles. The minimum atomic E-state index is -0.540. The fraction of sp³-hybridized carbons (Fsp3) is 0.680. The summed E-state index contributed by atoms with van der Waals surface area (Å²) in [7, 11) is 0. The van der Waals surface area contributed by atoms with Crippen molar-refractivity contribution in [1.82, 2.24) is 4.90 Å². The Morgan fingerprint density at radius 2 is 1.90 bits per heavy atom. The molecule has 1 aromatic carbocycles. The van der Waals surface area contributed by atoms with Crippen molar-refractivity contribution in [3.63, 3.8) is 0 Å². The van der Waals surface area contributed by atoms with Gasteiger partial charge in [-0.25, -0.2) is 4.79 Å². The van der Waals surface area contributed by atoms with E-state index < -0.39 is 11.2 Å². The fourth-order valence-corrected chi connectivity index (χ4v) is 5.03. The number of hydrogen-bond donors (Lipinski definition) is 1. The van der Waals surface area contributed by atoms with Gasteiger partial charge in [-0.15, -0.1) is 0 Å². The third-order valence-corrected chi connectivity index (χ3v) is 6.72. The summed E-state index contributed by atoms with van der Waals surface area (Å²) in [6, 6.07) is 4.04. The Hall–Kier alpha value is -2.24. The molecular formula is C25H36N2O4. The predicted octanol–water partition coefficient (Wildman–Crippen LogP) is 5.33. The first-order chi connectivity index (χ1) is 14.6. The molecule has 0 radical (unpaired) electrons. The Balaban J connectivity index is 1.48. The molecule has 170 valence electrons. The first-order valence-electron chi connectivity index (χ1n) is 11.7. The molecule has 6 nitrogen and oxygen atoms in total. The molecule has 1 saturated heterocycles. The van der Waals surface area contributed by atoms with Crippen LogP contribution in [0.2, 0.25) is 0 Å². The number of piperidine rings is 1. The van der Waals surface area contributed by atoms with Crippen LogP contribution in [-0.4, -0.2) is 47.6 Å². The maximum absolute atomic E-state index is 13.1. The fourth-order valence-electron chi connectivity index (χ4n) is 5.03. The SMILES string of the molecule is Cc1cc(NCC2CCCC2)c2c(c1)C(=O)CC1(CCN(C(=O)OC(C)(C)C)CC1)O2. The molecule has 1 saturated carbocycles. The highest BCUT2D eigenvalue weighted by molar-refractivity contribution is 6.02. The van der Waals surface area contributed by atoms with Gasteiger partial charge in [0.1, 0.15) is 11.2 Å². The number of ether oxygens (including phenoxy) is 2. The second-order valence-electron chi connectivity index (χ2n) is 10.6. The number of benzene rings is 1. The van der Waals surface area contributed by atoms with Gasteiger partial charge in [-0.05, 0) is 64.2 Å². The number of rotatable bonds is 3. The molecule has 1 aromatic rings. The third-order valence-electron chi connectivity index (χ3n) is 6.72. The van der Waals surface area contributed by atoms with Gasteiger partial charge in [-0.2, -0.15) is 0 Å². The van der Waals surface area contributed by atoms with Crippen LogP contribution < -0.4 is 10.1 Å². The van der Waals surface area contributed by atoms with Gasteiger partial charge in [0.05, 0.1) is 17.7 Å². The summed E-state index contributed by atoms with van der Waals surface area (Å²) in [6.45, 7) is 9.64. The highest BCUT2D eigenvalue weighted by Crippen LogP contribution is 2.44. The van der Waals surface area contributed by atoms with Crippen LogP contribution in [-0.2, 0) is 4.74 Å². The first-order valence-corrected chi connectivity index (χ1v) is 11.7. The van der Waals surface area contributed by atoms with Crippen molar-refractivity contribution in [2.75, 3.05) is 25.0 Å². The highest BCUT2D eigenvalue weighted by atomic mass is 16.6. The molecule has 1 spiro atoms. The van der Waals surface area contributed by atoms with Crippen molar-refractivity contribution in [3.8, 4) is 5.75 Å². The molecule has 1 amide bonds. The number of carbonyl (C=O) groups is 2. The van der Waals surface area contributed by atoms with E-state index in [4.69, 9.17) is 9.47 Å². The molecule has 3 aliphatic rings. The number of nitrogens with zero attached hydrogens (tertiary/aromatic N) is 1. The second-order valence-corrected chi connectivity index (χ2v) is 10.6. The second kappa shape index (κ2) is 8.36. The molecule has 2 aliphatic heterocycles. The maximum atomic E-state index is 13.1. The van der Waals surface area contributed by atoms with Crippen LogP contribution in [0.1, 0.15) is 81.6 Å². The average Bonchev–Trinajstić information content (AvgIpc) is 3.20. The van der Waals surface area contributed by atoms with Crippen LogP contribution in [0.4, 0.5) is 10.5 Å². The van der Waals surface area contributed by atoms with Gasteiger partial charge in [0, 0.05) is 32.5 Å². The number of nitrogens with one attached hydrogen (secondary N) is 1. The van der Waals surface area contributed by atoms with Crippen LogP contribution in [0.5, 0.6) is 5.75 Å². The molecule has 1 N–H and O–H groups in total. The van der Waals surface area contributed by atoms with Gasteiger partial charge in [0.15, 0.2) is 11.5 Å². The van der Waals surface area contributed by atoms with Gasteiger partial charge in [0.25, 0.3) is 0 Å². The van der Waals surface area contributed by atoms with E-state index in [1.165, 1.54) is 25.7 Å². The summed E-state index contributed by atoms with van der Waals surface area (Å²) in [5.41, 5.74) is 1.64. The van der Waals surface area contributed by atoms with Gasteiger partial charge < -0.3 is 19.7 Å². The van der Waals surface area contributed by atoms with E-state index in [0.717, 1.165) is 17.8 Å². The maximum Gasteiger partial charge on any atom is 0.410 e. The number of Topliss-reactive ketones (excluding diaryl/α,β-unsaturated/α-hetero) is 1. The van der Waals surface area contributed by atoms with Gasteiger partial charge in [0.2, 0.25) is 0 Å². The van der Waals surface area contributed by atoms with Crippen molar-refractivity contribution in [3.05, 3.63) is 23.3 Å². The van der Waals surface area contributed by atoms with E-state index in [2.05, 4.69) is 11.4 Å². The first kappa shape index (κ1) is 22.0. The summed E-state index contributed by atoms with van der Waals surface area (Å²) in [6.07, 6.45) is 6.50. The van der Waals surface area contributed by atoms with Gasteiger partial charge in [-0.3, -0.25) is 4.79 Å². The lowest BCUT2D eigenvalue weighted by Crippen LogP contribution is -2.53. The zero-order valence-electron chi connectivity index (χ0n) is 19.4. The van der Waals surface area contributed by atoms with E-state index in [1.54, 1.807) is 4.90 Å². The topological polar surface area (TPSA) is 67.9 Å². The predicted molar refractivity (Wildman–Crippen MR) is 121 cm³/mol. The number of ketones is 1. The molecule has 4 rings (SSSR count). The van der Waals surface area contributed by atoms with Crippen LogP contribution in [0, 0.1) is 12.8 Å². The number of carbonyl (C=O) groups excluding carboxylic acids is 2. The molecule has 0 atom stereocenters. The molecule has 0 aromatic heterocycles. The Morgan fingerprint density at radius 3 is 2.55 bits per heavy atom. The summed E-state index contributed by atoms with van der Waals surface area (Å²) in [4.78, 5) is 27.3. The number of fused-ring (bicyclic) bond motifs is 1. The monoisotopic (exact) mass is 428 g/mol. The lowest BCUT2D eigenvalue weighted by Gasteiger charge is -2.44. The third kappa shape index (κ3) is 4.99. The number of amides is 1. The van der Waals surface area contributed by atoms with Crippen molar-refractivity contribution in [2.24, 2.45) is 5.92 Å². The van der Waals surface area contributed by atoms with Crippen LogP contribution in [0.15, 0.2) is 12.1 Å². The zero-order chi connectivity index (χ0) is 22.2. The Labute approximate surface area is 185 Å². The normalized spacial score (nSPS) is 21.0. The standard InChI is InChI=1S/C25H36N2O4/c1-17-13-19-21(28)15-25(9-11-27(12-10-25)23(29)31-24(2,3)4)30-22(19)20(14-17)26-16-18-7-5-6-8-18/h13-14,18,26H,5-12,15-16H2,1-4H3. The number of hydrogen-bond acceptors (Lipinski definition) is 5. The molecule has 2 fully saturated rings. The van der Waals surface area contributed by atoms with E-state index >= 15 is 0 Å². The van der Waals surface area contributed by atoms with Crippen molar-refractivity contribution in [1.29, 1.82) is 0 Å². The highest BCUT2D eigenvalue weighted by Gasteiger charge is 2.45. The van der Waals surface area contributed by atoms with Crippen molar-refractivity contribution < 1.29 is 19.1 Å². The van der Waals surface area contributed by atoms with E-state index in [9.17, 15) is 9.59 Å². The molecular weight excluding hydrogens is 392 g/mol. The molecule has 0 unspecified atom stereocenters. The summed E-state index contributed by atoms with van der Waals surface area (Å²) in [5, 5.41) is 3.59. The van der Waals surface area contributed by atoms with Crippen molar-refractivity contribution >= 4 is 17.6 Å². The number of anilines is 1. The zero-order valence-corrected chi connectivity index (χ0v) is 19.4.